The zero-order valence-electron chi connectivity index (χ0n) is 12.1. The smallest absolute Gasteiger partial charge is 0.262 e. The molecule has 2 atom stereocenters. The second-order valence-corrected chi connectivity index (χ2v) is 6.93. The van der Waals surface area contributed by atoms with Crippen LogP contribution in [-0.4, -0.2) is 54.1 Å². The van der Waals surface area contributed by atoms with Crippen molar-refractivity contribution in [3.05, 3.63) is 12.0 Å². The van der Waals surface area contributed by atoms with Crippen molar-refractivity contribution in [3.63, 3.8) is 0 Å². The summed E-state index contributed by atoms with van der Waals surface area (Å²) in [5, 5.41) is 0.0992. The molecule has 0 radical (unpaired) electrons. The van der Waals surface area contributed by atoms with Gasteiger partial charge in [0, 0.05) is 31.9 Å². The molecule has 0 bridgehead atoms. The highest BCUT2D eigenvalue weighted by atomic mass is 32.2. The summed E-state index contributed by atoms with van der Waals surface area (Å²) >= 11 is 0. The lowest BCUT2D eigenvalue weighted by Gasteiger charge is -2.33. The van der Waals surface area contributed by atoms with Gasteiger partial charge in [0.25, 0.3) is 10.0 Å². The van der Waals surface area contributed by atoms with Crippen LogP contribution in [0, 0.1) is 6.92 Å². The van der Waals surface area contributed by atoms with Gasteiger partial charge in [0.2, 0.25) is 0 Å². The van der Waals surface area contributed by atoms with E-state index in [9.17, 15) is 8.42 Å². The van der Waals surface area contributed by atoms with Gasteiger partial charge < -0.3 is 15.0 Å². The number of nitrogens with two attached hydrogens (primary N) is 1. The number of nitrogens with zero attached hydrogens (tertiary/aromatic N) is 3. The number of rotatable bonds is 4. The summed E-state index contributed by atoms with van der Waals surface area (Å²) in [5.74, 6) is 0.697. The van der Waals surface area contributed by atoms with Crippen molar-refractivity contribution in [1.29, 1.82) is 0 Å². The summed E-state index contributed by atoms with van der Waals surface area (Å²) in [7, 11) is -3.57. The Bertz CT molecular complexity index is 567. The third-order valence-electron chi connectivity index (χ3n) is 3.54. The number of aromatic nitrogens is 2. The molecule has 8 heteroatoms. The predicted octanol–water partition coefficient (Wildman–Crippen LogP) is -0.0519. The molecule has 7 nitrogen and oxygen atoms in total. The maximum absolute atomic E-state index is 12.6. The topological polar surface area (TPSA) is 90.5 Å². The molecule has 20 heavy (non-hydrogen) atoms. The molecule has 2 N–H and O–H groups in total. The number of morpholine rings is 1. The zero-order chi connectivity index (χ0) is 14.9. The first-order valence-corrected chi connectivity index (χ1v) is 8.21. The van der Waals surface area contributed by atoms with Crippen LogP contribution in [0.15, 0.2) is 11.2 Å². The van der Waals surface area contributed by atoms with Gasteiger partial charge >= 0.3 is 0 Å². The van der Waals surface area contributed by atoms with Gasteiger partial charge in [-0.05, 0) is 20.8 Å². The monoisotopic (exact) mass is 302 g/mol. The maximum atomic E-state index is 12.6. The van der Waals surface area contributed by atoms with Gasteiger partial charge in [0.1, 0.15) is 5.82 Å². The highest BCUT2D eigenvalue weighted by Crippen LogP contribution is 2.19. The number of aryl methyl sites for hydroxylation is 2. The Labute approximate surface area is 119 Å². The molecule has 1 aromatic heterocycles. The first-order valence-electron chi connectivity index (χ1n) is 6.77. The molecule has 2 rings (SSSR count). The Balaban J connectivity index is 2.25. The number of ether oxygens (including phenoxy) is 1. The lowest BCUT2D eigenvalue weighted by molar-refractivity contribution is -0.0120. The lowest BCUT2D eigenvalue weighted by atomic mass is 10.2. The van der Waals surface area contributed by atoms with Gasteiger partial charge in [-0.1, -0.05) is 0 Å². The van der Waals surface area contributed by atoms with Crippen molar-refractivity contribution in [3.8, 4) is 0 Å². The largest absolute Gasteiger partial charge is 0.374 e. The van der Waals surface area contributed by atoms with Crippen LogP contribution < -0.4 is 5.73 Å². The maximum Gasteiger partial charge on any atom is 0.262 e. The number of imidazole rings is 1. The summed E-state index contributed by atoms with van der Waals surface area (Å²) < 4.78 is 33.9. The second kappa shape index (κ2) is 5.80. The van der Waals surface area contributed by atoms with Gasteiger partial charge in [-0.25, -0.2) is 13.4 Å². The summed E-state index contributed by atoms with van der Waals surface area (Å²) in [4.78, 5) is 4.16. The van der Waals surface area contributed by atoms with Crippen LogP contribution in [0.4, 0.5) is 0 Å². The van der Waals surface area contributed by atoms with Crippen LogP contribution in [0.3, 0.4) is 0 Å². The predicted molar refractivity (Wildman–Crippen MR) is 74.8 cm³/mol. The average Bonchev–Trinajstić information content (AvgIpc) is 2.81. The third kappa shape index (κ3) is 2.88. The van der Waals surface area contributed by atoms with Gasteiger partial charge in [-0.2, -0.15) is 4.31 Å². The van der Waals surface area contributed by atoms with Gasteiger partial charge in [0.05, 0.1) is 12.7 Å². The minimum atomic E-state index is -3.57. The Morgan fingerprint density at radius 1 is 1.60 bits per heavy atom. The molecule has 1 aliphatic heterocycles. The van der Waals surface area contributed by atoms with E-state index in [4.69, 9.17) is 10.5 Å². The molecular formula is C12H22N4O3S. The summed E-state index contributed by atoms with van der Waals surface area (Å²) in [6.45, 7) is 7.23. The summed E-state index contributed by atoms with van der Waals surface area (Å²) in [6, 6.07) is -0.206. The van der Waals surface area contributed by atoms with E-state index < -0.39 is 10.0 Å². The Hall–Kier alpha value is -0.960. The molecule has 1 aliphatic rings. The molecule has 0 spiro atoms. The molecule has 0 saturated carbocycles. The van der Waals surface area contributed by atoms with Crippen LogP contribution in [0.25, 0.3) is 0 Å². The molecule has 2 heterocycles. The Kier molecular flexibility index (Phi) is 4.48. The fourth-order valence-corrected chi connectivity index (χ4v) is 3.67. The van der Waals surface area contributed by atoms with E-state index in [1.165, 1.54) is 4.31 Å². The van der Waals surface area contributed by atoms with Crippen molar-refractivity contribution in [2.24, 2.45) is 5.73 Å². The van der Waals surface area contributed by atoms with E-state index >= 15 is 0 Å². The second-order valence-electron chi connectivity index (χ2n) is 5.04. The highest BCUT2D eigenvalue weighted by Gasteiger charge is 2.33. The lowest BCUT2D eigenvalue weighted by Crippen LogP contribution is -2.51. The minimum absolute atomic E-state index is 0.0992. The fourth-order valence-electron chi connectivity index (χ4n) is 2.24. The van der Waals surface area contributed by atoms with Crippen molar-refractivity contribution >= 4 is 10.0 Å². The van der Waals surface area contributed by atoms with Crippen molar-refractivity contribution in [1.82, 2.24) is 13.9 Å². The molecular weight excluding hydrogens is 280 g/mol. The molecule has 114 valence electrons. The first-order chi connectivity index (χ1) is 9.36. The van der Waals surface area contributed by atoms with E-state index in [-0.39, 0.29) is 23.7 Å². The molecule has 2 unspecified atom stereocenters. The molecule has 1 saturated heterocycles. The Morgan fingerprint density at radius 2 is 2.30 bits per heavy atom. The SMILES string of the molecule is CCn1cc(S(=O)(=O)N2CCOC(C(C)N)C2)nc1C. The van der Waals surface area contributed by atoms with Crippen molar-refractivity contribution in [2.75, 3.05) is 19.7 Å². The van der Waals surface area contributed by atoms with Gasteiger partial charge in [-0.15, -0.1) is 0 Å². The Morgan fingerprint density at radius 3 is 2.85 bits per heavy atom. The quantitative estimate of drug-likeness (QED) is 0.842. The van der Waals surface area contributed by atoms with E-state index in [1.54, 1.807) is 13.1 Å². The van der Waals surface area contributed by atoms with Crippen molar-refractivity contribution in [2.45, 2.75) is 44.5 Å². The molecule has 0 aliphatic carbocycles. The number of hydrogen-bond donors (Lipinski definition) is 1. The fraction of sp³-hybridized carbons (Fsp3) is 0.750. The number of sulfonamides is 1. The van der Waals surface area contributed by atoms with Crippen LogP contribution in [0.5, 0.6) is 0 Å². The summed E-state index contributed by atoms with van der Waals surface area (Å²) in [5.41, 5.74) is 5.79. The van der Waals surface area contributed by atoms with Gasteiger partial charge in [0.15, 0.2) is 5.03 Å². The third-order valence-corrected chi connectivity index (χ3v) is 5.28. The summed E-state index contributed by atoms with van der Waals surface area (Å²) in [6.07, 6.45) is 1.31. The molecule has 1 fully saturated rings. The first kappa shape index (κ1) is 15.4. The average molecular weight is 302 g/mol. The van der Waals surface area contributed by atoms with E-state index in [0.29, 0.717) is 25.5 Å². The van der Waals surface area contributed by atoms with Gasteiger partial charge in [-0.3, -0.25) is 0 Å². The van der Waals surface area contributed by atoms with Crippen LogP contribution >= 0.6 is 0 Å². The molecule has 0 aromatic carbocycles. The van der Waals surface area contributed by atoms with Crippen LogP contribution in [0.1, 0.15) is 19.7 Å². The zero-order valence-corrected chi connectivity index (χ0v) is 12.9. The molecule has 0 amide bonds. The van der Waals surface area contributed by atoms with Crippen LogP contribution in [-0.2, 0) is 21.3 Å². The minimum Gasteiger partial charge on any atom is -0.374 e. The standard InChI is InChI=1S/C12H22N4O3S/c1-4-15-8-12(14-10(15)3)20(17,18)16-5-6-19-11(7-16)9(2)13/h8-9,11H,4-7,13H2,1-3H3. The van der Waals surface area contributed by atoms with Crippen LogP contribution in [0.2, 0.25) is 0 Å². The van der Waals surface area contributed by atoms with E-state index in [0.717, 1.165) is 0 Å². The highest BCUT2D eigenvalue weighted by molar-refractivity contribution is 7.89. The van der Waals surface area contributed by atoms with E-state index in [1.807, 2.05) is 18.4 Å². The van der Waals surface area contributed by atoms with E-state index in [2.05, 4.69) is 4.98 Å². The molecule has 1 aromatic rings. The number of hydrogen-bond acceptors (Lipinski definition) is 5. The van der Waals surface area contributed by atoms with Crippen molar-refractivity contribution < 1.29 is 13.2 Å². The normalized spacial score (nSPS) is 22.9.